The van der Waals surface area contributed by atoms with Crippen LogP contribution in [0.1, 0.15) is 57.4 Å². The maximum atomic E-state index is 13.7. The number of nitrogens with zero attached hydrogens (tertiary/aromatic N) is 2. The zero-order chi connectivity index (χ0) is 28.1. The van der Waals surface area contributed by atoms with Crippen LogP contribution in [-0.4, -0.2) is 52.2 Å². The van der Waals surface area contributed by atoms with Crippen LogP contribution in [0.25, 0.3) is 10.8 Å². The molecule has 2 aliphatic heterocycles. The number of amides is 5. The summed E-state index contributed by atoms with van der Waals surface area (Å²) in [5.74, 6) is 2.18. The topological polar surface area (TPSA) is 150 Å². The second kappa shape index (κ2) is 9.53. The monoisotopic (exact) mass is 534 g/mol. The minimum absolute atomic E-state index is 0.163. The van der Waals surface area contributed by atoms with Gasteiger partial charge in [-0.15, -0.1) is 0 Å². The molecule has 4 aromatic rings. The van der Waals surface area contributed by atoms with E-state index in [-0.39, 0.29) is 50.7 Å². The predicted octanol–water partition coefficient (Wildman–Crippen LogP) is 2.44. The Kier molecular flexibility index (Phi) is 5.98. The van der Waals surface area contributed by atoms with E-state index in [2.05, 4.69) is 0 Å². The standard InChI is InChI=1S/C30H22N4O6/c31-32-26(36)17-6-8-18(9-7-17)33-27(37)20-10-12-22-25-23(13-11-21(24(20)25)28(33)38)30(40)34(29(22)39)19(15-35)14-16-4-2-1-3-5-16/h1-13,19,35H,14-15,31H2,(H,32,36). The Hall–Kier alpha value is -5.19. The molecule has 40 heavy (non-hydrogen) atoms. The summed E-state index contributed by atoms with van der Waals surface area (Å²) in [5.41, 5.74) is 4.04. The van der Waals surface area contributed by atoms with E-state index in [4.69, 9.17) is 5.84 Å². The number of anilines is 1. The normalized spacial score (nSPS) is 15.1. The van der Waals surface area contributed by atoms with Crippen LogP contribution in [0.3, 0.4) is 0 Å². The van der Waals surface area contributed by atoms with Gasteiger partial charge in [0, 0.05) is 38.6 Å². The van der Waals surface area contributed by atoms with E-state index in [9.17, 15) is 29.1 Å². The van der Waals surface area contributed by atoms with Crippen LogP contribution < -0.4 is 16.2 Å². The first-order valence-corrected chi connectivity index (χ1v) is 12.5. The van der Waals surface area contributed by atoms with E-state index < -0.39 is 42.2 Å². The van der Waals surface area contributed by atoms with Gasteiger partial charge in [0.25, 0.3) is 29.5 Å². The molecule has 0 bridgehead atoms. The smallest absolute Gasteiger partial charge is 0.265 e. The van der Waals surface area contributed by atoms with Crippen LogP contribution in [0.4, 0.5) is 5.69 Å². The molecule has 2 heterocycles. The van der Waals surface area contributed by atoms with Crippen molar-refractivity contribution in [2.45, 2.75) is 12.5 Å². The molecule has 0 radical (unpaired) electrons. The minimum atomic E-state index is -0.805. The third-order valence-electron chi connectivity index (χ3n) is 7.33. The summed E-state index contributed by atoms with van der Waals surface area (Å²) < 4.78 is 0. The molecule has 0 aromatic heterocycles. The fourth-order valence-corrected chi connectivity index (χ4v) is 5.43. The molecule has 1 atom stereocenters. The van der Waals surface area contributed by atoms with Crippen LogP contribution in [0.15, 0.2) is 78.9 Å². The summed E-state index contributed by atoms with van der Waals surface area (Å²) in [6.07, 6.45) is 0.265. The van der Waals surface area contributed by atoms with Gasteiger partial charge in [0.1, 0.15) is 0 Å². The number of carbonyl (C=O) groups excluding carboxylic acids is 5. The second-order valence-corrected chi connectivity index (χ2v) is 9.54. The highest BCUT2D eigenvalue weighted by atomic mass is 16.3. The Morgan fingerprint density at radius 2 is 1.23 bits per heavy atom. The Bertz CT molecular complexity index is 1680. The van der Waals surface area contributed by atoms with Crippen molar-refractivity contribution in [2.75, 3.05) is 11.5 Å². The number of hydrazine groups is 1. The van der Waals surface area contributed by atoms with E-state index in [0.717, 1.165) is 15.4 Å². The van der Waals surface area contributed by atoms with Crippen LogP contribution in [0.5, 0.6) is 0 Å². The van der Waals surface area contributed by atoms with E-state index in [1.807, 2.05) is 35.8 Å². The third-order valence-corrected chi connectivity index (χ3v) is 7.33. The van der Waals surface area contributed by atoms with Crippen molar-refractivity contribution in [3.8, 4) is 0 Å². The quantitative estimate of drug-likeness (QED) is 0.149. The van der Waals surface area contributed by atoms with Gasteiger partial charge in [-0.3, -0.25) is 34.3 Å². The van der Waals surface area contributed by atoms with Crippen molar-refractivity contribution in [1.82, 2.24) is 10.3 Å². The van der Waals surface area contributed by atoms with E-state index in [0.29, 0.717) is 0 Å². The number of benzene rings is 4. The fraction of sp³-hybridized carbons (Fsp3) is 0.100. The lowest BCUT2D eigenvalue weighted by atomic mass is 9.85. The van der Waals surface area contributed by atoms with Gasteiger partial charge >= 0.3 is 0 Å². The Balaban J connectivity index is 1.42. The first-order chi connectivity index (χ1) is 19.3. The lowest BCUT2D eigenvalue weighted by molar-refractivity contribution is 0.0470. The summed E-state index contributed by atoms with van der Waals surface area (Å²) >= 11 is 0. The minimum Gasteiger partial charge on any atom is -0.394 e. The number of carbonyl (C=O) groups is 5. The van der Waals surface area contributed by atoms with Crippen LogP contribution >= 0.6 is 0 Å². The van der Waals surface area contributed by atoms with Crippen molar-refractivity contribution in [2.24, 2.45) is 5.84 Å². The molecule has 4 N–H and O–H groups in total. The number of aliphatic hydroxyl groups excluding tert-OH is 1. The average molecular weight is 535 g/mol. The van der Waals surface area contributed by atoms with Crippen LogP contribution in [0, 0.1) is 0 Å². The van der Waals surface area contributed by atoms with Crippen molar-refractivity contribution >= 4 is 46.0 Å². The summed E-state index contributed by atoms with van der Waals surface area (Å²) in [5, 5.41) is 10.6. The molecule has 0 spiro atoms. The number of hydrogen-bond donors (Lipinski definition) is 3. The summed E-state index contributed by atoms with van der Waals surface area (Å²) in [4.78, 5) is 68.4. The maximum Gasteiger partial charge on any atom is 0.265 e. The number of rotatable bonds is 6. The van der Waals surface area contributed by atoms with Gasteiger partial charge in [0.15, 0.2) is 0 Å². The highest BCUT2D eigenvalue weighted by Gasteiger charge is 2.42. The second-order valence-electron chi connectivity index (χ2n) is 9.54. The third kappa shape index (κ3) is 3.69. The molecule has 10 heteroatoms. The molecule has 0 fully saturated rings. The van der Waals surface area contributed by atoms with Gasteiger partial charge < -0.3 is 5.11 Å². The average Bonchev–Trinajstić information content (AvgIpc) is 2.98. The molecule has 2 aliphatic rings. The first-order valence-electron chi connectivity index (χ1n) is 12.5. The largest absolute Gasteiger partial charge is 0.394 e. The van der Waals surface area contributed by atoms with E-state index in [1.54, 1.807) is 0 Å². The lowest BCUT2D eigenvalue weighted by Crippen LogP contribution is -2.50. The van der Waals surface area contributed by atoms with Crippen LogP contribution in [-0.2, 0) is 6.42 Å². The number of aliphatic hydroxyl groups is 1. The molecule has 4 aromatic carbocycles. The Labute approximate surface area is 227 Å². The molecule has 0 saturated carbocycles. The number of hydrogen-bond acceptors (Lipinski definition) is 7. The summed E-state index contributed by atoms with van der Waals surface area (Å²) in [6.45, 7) is -0.432. The van der Waals surface area contributed by atoms with Gasteiger partial charge in [-0.1, -0.05) is 30.3 Å². The van der Waals surface area contributed by atoms with Gasteiger partial charge in [-0.25, -0.2) is 10.7 Å². The maximum absolute atomic E-state index is 13.7. The molecule has 10 nitrogen and oxygen atoms in total. The Morgan fingerprint density at radius 1 is 0.725 bits per heavy atom. The molecular formula is C30H22N4O6. The van der Waals surface area contributed by atoms with Crippen molar-refractivity contribution in [3.63, 3.8) is 0 Å². The molecule has 0 aliphatic carbocycles. The molecule has 0 saturated heterocycles. The predicted molar refractivity (Wildman–Crippen MR) is 145 cm³/mol. The molecular weight excluding hydrogens is 512 g/mol. The van der Waals surface area contributed by atoms with Crippen molar-refractivity contribution in [1.29, 1.82) is 0 Å². The highest BCUT2D eigenvalue weighted by molar-refractivity contribution is 6.39. The molecule has 5 amide bonds. The Morgan fingerprint density at radius 3 is 1.70 bits per heavy atom. The summed E-state index contributed by atoms with van der Waals surface area (Å²) in [7, 11) is 0. The van der Waals surface area contributed by atoms with E-state index in [1.165, 1.54) is 48.5 Å². The van der Waals surface area contributed by atoms with Crippen molar-refractivity contribution < 1.29 is 29.1 Å². The number of nitrogen functional groups attached to an aromatic ring is 1. The number of nitrogens with two attached hydrogens (primary N) is 1. The summed E-state index contributed by atoms with van der Waals surface area (Å²) in [6, 6.07) is 20.1. The number of imide groups is 2. The van der Waals surface area contributed by atoms with E-state index >= 15 is 0 Å². The zero-order valence-electron chi connectivity index (χ0n) is 21.0. The first kappa shape index (κ1) is 25.1. The van der Waals surface area contributed by atoms with Gasteiger partial charge in [0.05, 0.1) is 18.3 Å². The van der Waals surface area contributed by atoms with Crippen LogP contribution in [0.2, 0.25) is 0 Å². The highest BCUT2D eigenvalue weighted by Crippen LogP contribution is 2.39. The van der Waals surface area contributed by atoms with Gasteiger partial charge in [-0.05, 0) is 60.5 Å². The lowest BCUT2D eigenvalue weighted by Gasteiger charge is -2.35. The fourth-order valence-electron chi connectivity index (χ4n) is 5.43. The van der Waals surface area contributed by atoms with Gasteiger partial charge in [-0.2, -0.15) is 0 Å². The molecule has 198 valence electrons. The SMILES string of the molecule is NNC(=O)c1ccc(N2C(=O)c3ccc4c5c(ccc(c35)C2=O)C(=O)N(C(CO)Cc2ccccc2)C4=O)cc1. The van der Waals surface area contributed by atoms with Gasteiger partial charge in [0.2, 0.25) is 0 Å². The zero-order valence-corrected chi connectivity index (χ0v) is 21.0. The number of nitrogens with one attached hydrogen (secondary N) is 1. The van der Waals surface area contributed by atoms with Crippen molar-refractivity contribution in [3.05, 3.63) is 112 Å². The molecule has 6 rings (SSSR count). The molecule has 1 unspecified atom stereocenters.